The molecule has 3 aromatic rings. The van der Waals surface area contributed by atoms with E-state index in [1.807, 2.05) is 22.9 Å². The second-order valence-corrected chi connectivity index (χ2v) is 7.14. The second kappa shape index (κ2) is 6.27. The average molecular weight is 359 g/mol. The van der Waals surface area contributed by atoms with E-state index in [2.05, 4.69) is 28.5 Å². The molecule has 0 saturated carbocycles. The number of rotatable bonds is 3. The van der Waals surface area contributed by atoms with Gasteiger partial charge in [0.15, 0.2) is 0 Å². The van der Waals surface area contributed by atoms with Gasteiger partial charge in [-0.2, -0.15) is 0 Å². The van der Waals surface area contributed by atoms with Crippen LogP contribution in [0.15, 0.2) is 42.7 Å². The number of aromatic nitrogens is 2. The lowest BCUT2D eigenvalue weighted by Gasteiger charge is -2.18. The number of nitrogens with zero attached hydrogens (tertiary/aromatic N) is 2. The minimum Gasteiger partial charge on any atom is -0.496 e. The van der Waals surface area contributed by atoms with E-state index in [9.17, 15) is 4.79 Å². The van der Waals surface area contributed by atoms with Crippen molar-refractivity contribution in [1.29, 1.82) is 0 Å². The molecule has 1 aliphatic heterocycles. The van der Waals surface area contributed by atoms with Crippen molar-refractivity contribution >= 4 is 5.91 Å². The van der Waals surface area contributed by atoms with Gasteiger partial charge in [0.05, 0.1) is 12.7 Å². The zero-order valence-electron chi connectivity index (χ0n) is 15.3. The van der Waals surface area contributed by atoms with Gasteiger partial charge < -0.3 is 10.1 Å². The number of hydrogen-bond acceptors (Lipinski definition) is 3. The standard InChI is InChI=1S/C22H21N3O2/c1-27-20-12-16-4-2-3-15(16)11-19(20)21-23-9-10-25(21)17-6-5-14-7-8-24-22(26)18(14)13-17/h5-6,9-13H,2-4,7-8H2,1H3,(H,24,26). The van der Waals surface area contributed by atoms with Crippen LogP contribution in [0.5, 0.6) is 5.75 Å². The molecule has 1 amide bonds. The molecular formula is C22H21N3O2. The van der Waals surface area contributed by atoms with Crippen LogP contribution in [0.1, 0.15) is 33.5 Å². The Morgan fingerprint density at radius 1 is 1.04 bits per heavy atom. The Balaban J connectivity index is 1.64. The smallest absolute Gasteiger partial charge is 0.251 e. The Bertz CT molecular complexity index is 1050. The summed E-state index contributed by atoms with van der Waals surface area (Å²) in [5, 5.41) is 2.92. The summed E-state index contributed by atoms with van der Waals surface area (Å²) >= 11 is 0. The Morgan fingerprint density at radius 3 is 2.74 bits per heavy atom. The Labute approximate surface area is 158 Å². The molecule has 0 saturated heterocycles. The topological polar surface area (TPSA) is 56.2 Å². The van der Waals surface area contributed by atoms with Gasteiger partial charge in [-0.25, -0.2) is 4.98 Å². The molecule has 136 valence electrons. The number of imidazole rings is 1. The number of nitrogens with one attached hydrogen (secondary N) is 1. The largest absolute Gasteiger partial charge is 0.496 e. The molecule has 0 atom stereocenters. The summed E-state index contributed by atoms with van der Waals surface area (Å²) in [5.41, 5.74) is 6.52. The van der Waals surface area contributed by atoms with Crippen LogP contribution in [0.2, 0.25) is 0 Å². The normalized spacial score (nSPS) is 15.2. The van der Waals surface area contributed by atoms with Crippen LogP contribution < -0.4 is 10.1 Å². The van der Waals surface area contributed by atoms with E-state index in [0.29, 0.717) is 6.54 Å². The zero-order valence-corrected chi connectivity index (χ0v) is 15.3. The first-order chi connectivity index (χ1) is 13.2. The lowest BCUT2D eigenvalue weighted by molar-refractivity contribution is 0.0946. The quantitative estimate of drug-likeness (QED) is 0.780. The molecule has 2 aliphatic rings. The maximum Gasteiger partial charge on any atom is 0.251 e. The number of fused-ring (bicyclic) bond motifs is 2. The Hall–Kier alpha value is -3.08. The highest BCUT2D eigenvalue weighted by molar-refractivity contribution is 5.97. The van der Waals surface area contributed by atoms with E-state index in [-0.39, 0.29) is 5.91 Å². The van der Waals surface area contributed by atoms with Gasteiger partial charge in [-0.15, -0.1) is 0 Å². The summed E-state index contributed by atoms with van der Waals surface area (Å²) in [6, 6.07) is 10.4. The van der Waals surface area contributed by atoms with Crippen LogP contribution in [0.3, 0.4) is 0 Å². The molecule has 0 bridgehead atoms. The number of methoxy groups -OCH3 is 1. The number of amides is 1. The zero-order chi connectivity index (χ0) is 18.4. The molecule has 2 aromatic carbocycles. The van der Waals surface area contributed by atoms with E-state index < -0.39 is 0 Å². The maximum atomic E-state index is 12.2. The minimum absolute atomic E-state index is 0.00474. The molecule has 5 heteroatoms. The summed E-state index contributed by atoms with van der Waals surface area (Å²) in [6.45, 7) is 0.702. The number of benzene rings is 2. The van der Waals surface area contributed by atoms with E-state index in [0.717, 1.165) is 53.2 Å². The summed E-state index contributed by atoms with van der Waals surface area (Å²) in [7, 11) is 1.71. The molecule has 0 unspecified atom stereocenters. The SMILES string of the molecule is COc1cc2c(cc1-c1nccn1-c1ccc3c(c1)C(=O)NCC3)CCC2. The van der Waals surface area contributed by atoms with Crippen molar-refractivity contribution in [2.24, 2.45) is 0 Å². The minimum atomic E-state index is -0.00474. The van der Waals surface area contributed by atoms with Gasteiger partial charge in [0.2, 0.25) is 0 Å². The van der Waals surface area contributed by atoms with Gasteiger partial charge >= 0.3 is 0 Å². The third kappa shape index (κ3) is 2.62. The van der Waals surface area contributed by atoms with Crippen LogP contribution in [0.4, 0.5) is 0 Å². The molecular weight excluding hydrogens is 338 g/mol. The van der Waals surface area contributed by atoms with Crippen molar-refractivity contribution in [3.63, 3.8) is 0 Å². The van der Waals surface area contributed by atoms with Crippen LogP contribution >= 0.6 is 0 Å². The Kier molecular flexibility index (Phi) is 3.74. The van der Waals surface area contributed by atoms with Crippen molar-refractivity contribution in [1.82, 2.24) is 14.9 Å². The number of carbonyl (C=O) groups excluding carboxylic acids is 1. The first-order valence-electron chi connectivity index (χ1n) is 9.39. The molecule has 5 rings (SSSR count). The third-order valence-corrected chi connectivity index (χ3v) is 5.59. The van der Waals surface area contributed by atoms with Gasteiger partial charge in [-0.05, 0) is 66.6 Å². The molecule has 5 nitrogen and oxygen atoms in total. The molecule has 0 radical (unpaired) electrons. The van der Waals surface area contributed by atoms with Gasteiger partial charge in [0, 0.05) is 30.2 Å². The van der Waals surface area contributed by atoms with Gasteiger partial charge in [-0.1, -0.05) is 6.07 Å². The van der Waals surface area contributed by atoms with Crippen molar-refractivity contribution < 1.29 is 9.53 Å². The van der Waals surface area contributed by atoms with Crippen LogP contribution in [-0.4, -0.2) is 29.1 Å². The van der Waals surface area contributed by atoms with E-state index in [4.69, 9.17) is 4.74 Å². The highest BCUT2D eigenvalue weighted by atomic mass is 16.5. The molecule has 1 N–H and O–H groups in total. The molecule has 27 heavy (non-hydrogen) atoms. The number of ether oxygens (including phenoxy) is 1. The highest BCUT2D eigenvalue weighted by Gasteiger charge is 2.21. The fourth-order valence-electron chi connectivity index (χ4n) is 4.21. The van der Waals surface area contributed by atoms with Crippen molar-refractivity contribution in [2.45, 2.75) is 25.7 Å². The fraction of sp³-hybridized carbons (Fsp3) is 0.273. The van der Waals surface area contributed by atoms with E-state index >= 15 is 0 Å². The highest BCUT2D eigenvalue weighted by Crippen LogP contribution is 2.36. The first-order valence-corrected chi connectivity index (χ1v) is 9.39. The second-order valence-electron chi connectivity index (χ2n) is 7.14. The van der Waals surface area contributed by atoms with Gasteiger partial charge in [0.1, 0.15) is 11.6 Å². The van der Waals surface area contributed by atoms with Crippen LogP contribution in [0.25, 0.3) is 17.1 Å². The number of hydrogen-bond donors (Lipinski definition) is 1. The molecule has 2 heterocycles. The van der Waals surface area contributed by atoms with Crippen molar-refractivity contribution in [3.8, 4) is 22.8 Å². The Morgan fingerprint density at radius 2 is 1.89 bits per heavy atom. The monoisotopic (exact) mass is 359 g/mol. The fourth-order valence-corrected chi connectivity index (χ4v) is 4.21. The maximum absolute atomic E-state index is 12.2. The van der Waals surface area contributed by atoms with Gasteiger partial charge in [-0.3, -0.25) is 9.36 Å². The van der Waals surface area contributed by atoms with E-state index in [1.54, 1.807) is 13.3 Å². The molecule has 1 aromatic heterocycles. The summed E-state index contributed by atoms with van der Waals surface area (Å²) in [5.74, 6) is 1.67. The number of carbonyl (C=O) groups is 1. The third-order valence-electron chi connectivity index (χ3n) is 5.59. The lowest BCUT2D eigenvalue weighted by atomic mass is 9.99. The van der Waals surface area contributed by atoms with Crippen LogP contribution in [0, 0.1) is 0 Å². The molecule has 0 fully saturated rings. The van der Waals surface area contributed by atoms with E-state index in [1.165, 1.54) is 17.5 Å². The summed E-state index contributed by atoms with van der Waals surface area (Å²) in [6.07, 6.45) is 8.01. The van der Waals surface area contributed by atoms with Crippen molar-refractivity contribution in [2.75, 3.05) is 13.7 Å². The van der Waals surface area contributed by atoms with Crippen molar-refractivity contribution in [3.05, 3.63) is 65.0 Å². The molecule has 0 spiro atoms. The number of aryl methyl sites for hydroxylation is 2. The molecule has 1 aliphatic carbocycles. The van der Waals surface area contributed by atoms with Crippen LogP contribution in [-0.2, 0) is 19.3 Å². The average Bonchev–Trinajstić information content (AvgIpc) is 3.35. The lowest BCUT2D eigenvalue weighted by Crippen LogP contribution is -2.31. The summed E-state index contributed by atoms with van der Waals surface area (Å²) < 4.78 is 7.70. The van der Waals surface area contributed by atoms with Gasteiger partial charge in [0.25, 0.3) is 5.91 Å². The summed E-state index contributed by atoms with van der Waals surface area (Å²) in [4.78, 5) is 16.8. The first kappa shape index (κ1) is 16.1. The predicted octanol–water partition coefficient (Wildman–Crippen LogP) is 3.32. The predicted molar refractivity (Wildman–Crippen MR) is 104 cm³/mol.